The molecular formula is C24H28N2O5. The third-order valence-corrected chi connectivity index (χ3v) is 7.94. The van der Waals surface area contributed by atoms with Crippen LogP contribution in [0.4, 0.5) is 5.69 Å². The van der Waals surface area contributed by atoms with Crippen molar-refractivity contribution in [3.8, 4) is 5.75 Å². The van der Waals surface area contributed by atoms with Gasteiger partial charge in [-0.2, -0.15) is 0 Å². The number of fused-ring (bicyclic) bond motifs is 2. The molecule has 1 saturated carbocycles. The van der Waals surface area contributed by atoms with Crippen molar-refractivity contribution in [3.05, 3.63) is 35.4 Å². The standard InChI is InChI=1S/C24H28N2O5/c1-5-15-12-26-9-8-23-18-10-16(29-3)6-7-19(18)25-21(23)20(26)11-17(15)24(23,22(28)30-4)13-31-14(2)27/h5-7,10,17,20H,8-9,11-13H2,1-4H3/t17-,20-,23+,24+/m1/s1. The number of ether oxygens (including phenoxy) is 3. The van der Waals surface area contributed by atoms with Gasteiger partial charge in [-0.25, -0.2) is 0 Å². The molecule has 3 heterocycles. The minimum absolute atomic E-state index is 0.0284. The van der Waals surface area contributed by atoms with Crippen molar-refractivity contribution in [1.29, 1.82) is 0 Å². The van der Waals surface area contributed by atoms with Gasteiger partial charge in [0.05, 0.1) is 31.4 Å². The van der Waals surface area contributed by atoms with Gasteiger partial charge in [-0.15, -0.1) is 0 Å². The van der Waals surface area contributed by atoms with Crippen molar-refractivity contribution in [2.45, 2.75) is 38.1 Å². The first-order valence-corrected chi connectivity index (χ1v) is 10.8. The van der Waals surface area contributed by atoms with E-state index in [9.17, 15) is 9.59 Å². The molecule has 3 fully saturated rings. The van der Waals surface area contributed by atoms with Crippen LogP contribution in [-0.4, -0.2) is 62.5 Å². The van der Waals surface area contributed by atoms with E-state index < -0.39 is 16.8 Å². The number of carbonyl (C=O) groups excluding carboxylic acids is 2. The highest BCUT2D eigenvalue weighted by Gasteiger charge is 2.74. The Balaban J connectivity index is 1.83. The van der Waals surface area contributed by atoms with Gasteiger partial charge in [-0.3, -0.25) is 19.5 Å². The largest absolute Gasteiger partial charge is 0.497 e. The van der Waals surface area contributed by atoms with Gasteiger partial charge in [0.15, 0.2) is 0 Å². The number of benzene rings is 1. The molecule has 164 valence electrons. The summed E-state index contributed by atoms with van der Waals surface area (Å²) in [7, 11) is 3.06. The lowest BCUT2D eigenvalue weighted by molar-refractivity contribution is -0.176. The average molecular weight is 424 g/mol. The van der Waals surface area contributed by atoms with E-state index in [0.717, 1.165) is 42.2 Å². The molecule has 0 aromatic heterocycles. The van der Waals surface area contributed by atoms with Gasteiger partial charge >= 0.3 is 11.9 Å². The van der Waals surface area contributed by atoms with E-state index in [2.05, 4.69) is 11.0 Å². The normalized spacial score (nSPS) is 34.1. The lowest BCUT2D eigenvalue weighted by Crippen LogP contribution is -2.75. The third kappa shape index (κ3) is 2.41. The van der Waals surface area contributed by atoms with Gasteiger partial charge in [-0.1, -0.05) is 11.6 Å². The van der Waals surface area contributed by atoms with E-state index in [1.807, 2.05) is 25.1 Å². The topological polar surface area (TPSA) is 77.4 Å². The molecule has 0 N–H and O–H groups in total. The van der Waals surface area contributed by atoms with Crippen LogP contribution in [0.15, 0.2) is 34.8 Å². The minimum Gasteiger partial charge on any atom is -0.497 e. The number of carbonyl (C=O) groups is 2. The fraction of sp³-hybridized carbons (Fsp3) is 0.542. The van der Waals surface area contributed by atoms with Crippen molar-refractivity contribution < 1.29 is 23.8 Å². The Hall–Kier alpha value is -2.67. The molecule has 4 aliphatic rings. The van der Waals surface area contributed by atoms with Crippen LogP contribution in [0.2, 0.25) is 0 Å². The average Bonchev–Trinajstić information content (AvgIpc) is 3.13. The van der Waals surface area contributed by atoms with Crippen molar-refractivity contribution >= 4 is 23.3 Å². The number of allylic oxidation sites excluding steroid dienone is 1. The zero-order chi connectivity index (χ0) is 22.0. The van der Waals surface area contributed by atoms with Crippen LogP contribution in [0.3, 0.4) is 0 Å². The number of esters is 2. The molecule has 1 aliphatic carbocycles. The van der Waals surface area contributed by atoms with E-state index in [1.165, 1.54) is 19.6 Å². The monoisotopic (exact) mass is 424 g/mol. The summed E-state index contributed by atoms with van der Waals surface area (Å²) < 4.78 is 16.7. The first-order valence-electron chi connectivity index (χ1n) is 10.8. The van der Waals surface area contributed by atoms with Crippen LogP contribution in [0, 0.1) is 11.3 Å². The Morgan fingerprint density at radius 1 is 1.32 bits per heavy atom. The molecule has 7 nitrogen and oxygen atoms in total. The Kier molecular flexibility index (Phi) is 4.52. The fourth-order valence-electron chi connectivity index (χ4n) is 6.67. The predicted molar refractivity (Wildman–Crippen MR) is 115 cm³/mol. The SMILES string of the molecule is CC=C1CN2CC[C@@]34C(=Nc5ccc(OC)cc53)[C@H]2C[C@H]1[C@@]4(COC(C)=O)C(=O)OC. The van der Waals surface area contributed by atoms with Crippen LogP contribution >= 0.6 is 0 Å². The highest BCUT2D eigenvalue weighted by atomic mass is 16.5. The number of nitrogens with zero attached hydrogens (tertiary/aromatic N) is 2. The van der Waals surface area contributed by atoms with Gasteiger partial charge in [0.25, 0.3) is 0 Å². The number of hydrogen-bond acceptors (Lipinski definition) is 7. The second kappa shape index (κ2) is 6.92. The molecule has 1 aromatic rings. The van der Waals surface area contributed by atoms with E-state index in [1.54, 1.807) is 7.11 Å². The molecule has 7 heteroatoms. The van der Waals surface area contributed by atoms with Crippen LogP contribution in [0.5, 0.6) is 5.75 Å². The highest BCUT2D eigenvalue weighted by molar-refractivity contribution is 6.11. The zero-order valence-corrected chi connectivity index (χ0v) is 18.4. The van der Waals surface area contributed by atoms with Gasteiger partial charge < -0.3 is 14.2 Å². The van der Waals surface area contributed by atoms with Crippen molar-refractivity contribution in [2.75, 3.05) is 33.9 Å². The summed E-state index contributed by atoms with van der Waals surface area (Å²) in [6.45, 7) is 5.00. The quantitative estimate of drug-likeness (QED) is 0.546. The van der Waals surface area contributed by atoms with E-state index in [4.69, 9.17) is 19.2 Å². The molecule has 2 saturated heterocycles. The van der Waals surface area contributed by atoms with Crippen LogP contribution in [-0.2, 0) is 24.5 Å². The van der Waals surface area contributed by atoms with Crippen LogP contribution < -0.4 is 4.74 Å². The molecule has 4 atom stereocenters. The molecule has 0 spiro atoms. The Morgan fingerprint density at radius 2 is 2.13 bits per heavy atom. The van der Waals surface area contributed by atoms with E-state index in [0.29, 0.717) is 6.42 Å². The molecule has 3 bridgehead atoms. The van der Waals surface area contributed by atoms with Gasteiger partial charge in [0, 0.05) is 31.6 Å². The summed E-state index contributed by atoms with van der Waals surface area (Å²) in [6, 6.07) is 6.03. The highest BCUT2D eigenvalue weighted by Crippen LogP contribution is 2.66. The number of piperidine rings is 2. The lowest BCUT2D eigenvalue weighted by atomic mass is 9.43. The molecule has 0 radical (unpaired) electrons. The Morgan fingerprint density at radius 3 is 2.81 bits per heavy atom. The lowest BCUT2D eigenvalue weighted by Gasteiger charge is -2.64. The molecule has 31 heavy (non-hydrogen) atoms. The maximum atomic E-state index is 13.8. The summed E-state index contributed by atoms with van der Waals surface area (Å²) in [5, 5.41) is 0. The first-order chi connectivity index (χ1) is 14.9. The predicted octanol–water partition coefficient (Wildman–Crippen LogP) is 2.80. The second-order valence-electron chi connectivity index (χ2n) is 8.92. The Bertz CT molecular complexity index is 1030. The molecule has 0 amide bonds. The molecule has 5 rings (SSSR count). The van der Waals surface area contributed by atoms with Crippen molar-refractivity contribution in [1.82, 2.24) is 4.90 Å². The van der Waals surface area contributed by atoms with Crippen molar-refractivity contribution in [3.63, 3.8) is 0 Å². The zero-order valence-electron chi connectivity index (χ0n) is 18.4. The van der Waals surface area contributed by atoms with Crippen LogP contribution in [0.1, 0.15) is 32.3 Å². The van der Waals surface area contributed by atoms with Gasteiger partial charge in [0.2, 0.25) is 0 Å². The number of methoxy groups -OCH3 is 2. The minimum atomic E-state index is -1.07. The third-order valence-electron chi connectivity index (χ3n) is 7.94. The van der Waals surface area contributed by atoms with Crippen molar-refractivity contribution in [2.24, 2.45) is 16.3 Å². The maximum Gasteiger partial charge on any atom is 0.317 e. The molecule has 1 aromatic carbocycles. The number of rotatable bonds is 4. The number of hydrogen-bond donors (Lipinski definition) is 0. The van der Waals surface area contributed by atoms with E-state index >= 15 is 0 Å². The molecule has 0 unspecified atom stereocenters. The summed E-state index contributed by atoms with van der Waals surface area (Å²) in [5.41, 5.74) is 2.27. The summed E-state index contributed by atoms with van der Waals surface area (Å²) in [6.07, 6.45) is 3.59. The van der Waals surface area contributed by atoms with Gasteiger partial charge in [-0.05, 0) is 43.5 Å². The number of aliphatic imine (C=N–C) groups is 1. The molecular weight excluding hydrogens is 396 g/mol. The smallest absolute Gasteiger partial charge is 0.317 e. The second-order valence-corrected chi connectivity index (χ2v) is 8.92. The summed E-state index contributed by atoms with van der Waals surface area (Å²) in [4.78, 5) is 33.3. The molecule has 3 aliphatic heterocycles. The summed E-state index contributed by atoms with van der Waals surface area (Å²) >= 11 is 0. The Labute approximate surface area is 182 Å². The maximum absolute atomic E-state index is 13.8. The summed E-state index contributed by atoms with van der Waals surface area (Å²) in [5.74, 6) is -0.114. The first kappa shape index (κ1) is 20.2. The fourth-order valence-corrected chi connectivity index (χ4v) is 6.67. The van der Waals surface area contributed by atoms with Crippen LogP contribution in [0.25, 0.3) is 0 Å². The van der Waals surface area contributed by atoms with E-state index in [-0.39, 0.29) is 24.5 Å². The van der Waals surface area contributed by atoms with Gasteiger partial charge in [0.1, 0.15) is 17.8 Å².